The normalized spacial score (nSPS) is 27.2. The van der Waals surface area contributed by atoms with E-state index in [9.17, 15) is 23.1 Å². The molecular weight excluding hydrogens is 557 g/mol. The number of hydrogen-bond acceptors (Lipinski definition) is 5. The highest BCUT2D eigenvalue weighted by Gasteiger charge is 2.51. The average Bonchev–Trinajstić information content (AvgIpc) is 3.53. The first-order valence-corrected chi connectivity index (χ1v) is 15.2. The molecule has 0 saturated heterocycles. The van der Waals surface area contributed by atoms with E-state index >= 15 is 0 Å². The Morgan fingerprint density at radius 2 is 1.74 bits per heavy atom. The predicted octanol–water partition coefficient (Wildman–Crippen LogP) is 6.91. The highest BCUT2D eigenvalue weighted by Crippen LogP contribution is 2.58. The molecule has 1 N–H and O–H groups in total. The van der Waals surface area contributed by atoms with Crippen LogP contribution in [0.2, 0.25) is 0 Å². The Bertz CT molecular complexity index is 1450. The summed E-state index contributed by atoms with van der Waals surface area (Å²) in [5.41, 5.74) is 3.41. The number of ether oxygens (including phenoxy) is 1. The highest BCUT2D eigenvalue weighted by molar-refractivity contribution is 5.95. The summed E-state index contributed by atoms with van der Waals surface area (Å²) in [6.07, 6.45) is 7.19. The van der Waals surface area contributed by atoms with Crippen molar-refractivity contribution in [1.82, 2.24) is 14.8 Å². The Kier molecular flexibility index (Phi) is 7.77. The molecule has 0 radical (unpaired) electrons. The minimum absolute atomic E-state index is 0.00917. The van der Waals surface area contributed by atoms with E-state index in [0.717, 1.165) is 56.0 Å². The summed E-state index contributed by atoms with van der Waals surface area (Å²) in [5, 5.41) is 13.5. The number of amides is 1. The highest BCUT2D eigenvalue weighted by atomic mass is 19.4. The van der Waals surface area contributed by atoms with E-state index in [4.69, 9.17) is 4.74 Å². The van der Waals surface area contributed by atoms with E-state index in [1.807, 2.05) is 0 Å². The van der Waals surface area contributed by atoms with E-state index in [1.54, 1.807) is 30.3 Å². The van der Waals surface area contributed by atoms with Crippen molar-refractivity contribution in [2.45, 2.75) is 89.0 Å². The second-order valence-corrected chi connectivity index (χ2v) is 12.9. The summed E-state index contributed by atoms with van der Waals surface area (Å²) < 4.78 is 45.1. The third-order valence-electron chi connectivity index (χ3n) is 10.4. The number of alkyl halides is 3. The molecule has 10 heteroatoms. The van der Waals surface area contributed by atoms with Crippen molar-refractivity contribution in [2.24, 2.45) is 11.3 Å². The maximum Gasteiger partial charge on any atom is 0.504 e. The number of hydrogen-bond donors (Lipinski definition) is 1. The van der Waals surface area contributed by atoms with E-state index in [-0.39, 0.29) is 33.4 Å². The van der Waals surface area contributed by atoms with Crippen molar-refractivity contribution in [3.05, 3.63) is 60.0 Å². The second kappa shape index (κ2) is 11.3. The van der Waals surface area contributed by atoms with Gasteiger partial charge in [-0.2, -0.15) is 9.78 Å². The van der Waals surface area contributed by atoms with Crippen LogP contribution in [0.5, 0.6) is 5.75 Å². The molecule has 230 valence electrons. The molecule has 0 spiro atoms. The number of halogens is 3. The standard InChI is InChI=1S/C33H39F3N4O3/c1-22-17-26(5-8-28(22)43-2)32-13-10-31(11-14-32,12-15-32)21-39(30(42)23-3-6-27(41)7-4-23)29-18-24(9-16-37-29)25-19-38-40(20-25)33(34,35)36/h5,8-9,16-20,23,27,41H,3-4,6-7,10-15,21H2,1-2H3. The van der Waals surface area contributed by atoms with Gasteiger partial charge in [-0.05, 0) is 117 Å². The molecule has 43 heavy (non-hydrogen) atoms. The van der Waals surface area contributed by atoms with Gasteiger partial charge in [0, 0.05) is 30.4 Å². The molecule has 3 aromatic rings. The first-order valence-electron chi connectivity index (χ1n) is 15.2. The number of rotatable bonds is 7. The van der Waals surface area contributed by atoms with Crippen molar-refractivity contribution in [2.75, 3.05) is 18.6 Å². The molecule has 7 nitrogen and oxygen atoms in total. The van der Waals surface area contributed by atoms with Crippen LogP contribution < -0.4 is 9.64 Å². The first kappa shape index (κ1) is 29.7. The monoisotopic (exact) mass is 596 g/mol. The van der Waals surface area contributed by atoms with Crippen LogP contribution in [0.3, 0.4) is 0 Å². The minimum Gasteiger partial charge on any atom is -0.496 e. The number of aliphatic hydroxyl groups excluding tert-OH is 1. The van der Waals surface area contributed by atoms with Crippen LogP contribution in [0.25, 0.3) is 11.1 Å². The van der Waals surface area contributed by atoms with E-state index < -0.39 is 6.30 Å². The van der Waals surface area contributed by atoms with Gasteiger partial charge in [-0.15, -0.1) is 13.2 Å². The number of anilines is 1. The molecule has 1 aromatic carbocycles. The van der Waals surface area contributed by atoms with Crippen LogP contribution in [-0.2, 0) is 16.5 Å². The molecular formula is C33H39F3N4O3. The minimum atomic E-state index is -4.61. The Morgan fingerprint density at radius 1 is 1.05 bits per heavy atom. The van der Waals surface area contributed by atoms with Crippen LogP contribution in [0.15, 0.2) is 48.9 Å². The Balaban J connectivity index is 1.27. The number of benzene rings is 1. The van der Waals surface area contributed by atoms with Crippen LogP contribution in [0.1, 0.15) is 75.3 Å². The van der Waals surface area contributed by atoms with Crippen molar-refractivity contribution < 1.29 is 27.8 Å². The molecule has 0 atom stereocenters. The van der Waals surface area contributed by atoms with Gasteiger partial charge >= 0.3 is 6.30 Å². The molecule has 4 aliphatic carbocycles. The Hall–Kier alpha value is -3.40. The lowest BCUT2D eigenvalue weighted by atomic mass is 9.51. The van der Waals surface area contributed by atoms with Gasteiger partial charge in [-0.3, -0.25) is 9.69 Å². The van der Waals surface area contributed by atoms with Gasteiger partial charge in [0.05, 0.1) is 19.4 Å². The second-order valence-electron chi connectivity index (χ2n) is 12.9. The number of fused-ring (bicyclic) bond motifs is 3. The van der Waals surface area contributed by atoms with Crippen molar-refractivity contribution >= 4 is 11.7 Å². The van der Waals surface area contributed by atoms with Crippen molar-refractivity contribution in [3.8, 4) is 16.9 Å². The van der Waals surface area contributed by atoms with Gasteiger partial charge in [0.2, 0.25) is 5.91 Å². The number of aliphatic hydroxyl groups is 1. The topological polar surface area (TPSA) is 80.5 Å². The zero-order valence-electron chi connectivity index (χ0n) is 24.7. The molecule has 4 saturated carbocycles. The maximum atomic E-state index is 14.1. The molecule has 7 rings (SSSR count). The smallest absolute Gasteiger partial charge is 0.496 e. The van der Waals surface area contributed by atoms with Crippen LogP contribution in [0.4, 0.5) is 19.0 Å². The van der Waals surface area contributed by atoms with E-state index in [1.165, 1.54) is 11.8 Å². The summed E-state index contributed by atoms with van der Waals surface area (Å²) >= 11 is 0. The number of carbonyl (C=O) groups is 1. The van der Waals surface area contributed by atoms with Gasteiger partial charge in [-0.25, -0.2) is 4.98 Å². The summed E-state index contributed by atoms with van der Waals surface area (Å²) in [5.74, 6) is 1.12. The first-order chi connectivity index (χ1) is 20.5. The van der Waals surface area contributed by atoms with Crippen LogP contribution in [0, 0.1) is 18.3 Å². The van der Waals surface area contributed by atoms with Crippen molar-refractivity contribution in [1.29, 1.82) is 0 Å². The van der Waals surface area contributed by atoms with E-state index in [2.05, 4.69) is 35.2 Å². The lowest BCUT2D eigenvalue weighted by Gasteiger charge is -2.55. The SMILES string of the molecule is COc1ccc(C23CCC(CN(C(=O)C4CCC(O)CC4)c4cc(-c5cnn(C(F)(F)F)c5)ccn4)(CC2)CC3)cc1C. The van der Waals surface area contributed by atoms with Gasteiger partial charge in [0.1, 0.15) is 11.6 Å². The quantitative estimate of drug-likeness (QED) is 0.321. The van der Waals surface area contributed by atoms with Gasteiger partial charge in [0.15, 0.2) is 0 Å². The fraction of sp³-hybridized carbons (Fsp3) is 0.545. The molecule has 4 aliphatic rings. The summed E-state index contributed by atoms with van der Waals surface area (Å²) in [6, 6.07) is 9.88. The Labute approximate surface area is 250 Å². The molecule has 4 fully saturated rings. The molecule has 2 aromatic heterocycles. The van der Waals surface area contributed by atoms with Crippen LogP contribution >= 0.6 is 0 Å². The zero-order chi connectivity index (χ0) is 30.4. The predicted molar refractivity (Wildman–Crippen MR) is 157 cm³/mol. The largest absolute Gasteiger partial charge is 0.504 e. The average molecular weight is 597 g/mol. The third kappa shape index (κ3) is 5.78. The number of carbonyl (C=O) groups excluding carboxylic acids is 1. The maximum absolute atomic E-state index is 14.1. The Morgan fingerprint density at radius 3 is 2.35 bits per heavy atom. The van der Waals surface area contributed by atoms with Crippen LogP contribution in [-0.4, -0.2) is 45.5 Å². The number of pyridine rings is 1. The van der Waals surface area contributed by atoms with Gasteiger partial charge in [-0.1, -0.05) is 12.1 Å². The van der Waals surface area contributed by atoms with Gasteiger partial charge in [0.25, 0.3) is 0 Å². The number of methoxy groups -OCH3 is 1. The fourth-order valence-corrected chi connectivity index (χ4v) is 7.65. The molecule has 0 unspecified atom stereocenters. The number of aromatic nitrogens is 3. The van der Waals surface area contributed by atoms with Gasteiger partial charge < -0.3 is 9.84 Å². The molecule has 2 heterocycles. The summed E-state index contributed by atoms with van der Waals surface area (Å²) in [7, 11) is 1.69. The van der Waals surface area contributed by atoms with Crippen molar-refractivity contribution in [3.63, 3.8) is 0 Å². The lowest BCUT2D eigenvalue weighted by molar-refractivity contribution is -0.212. The fourth-order valence-electron chi connectivity index (χ4n) is 7.65. The molecule has 1 amide bonds. The number of aryl methyl sites for hydroxylation is 1. The third-order valence-corrected chi connectivity index (χ3v) is 10.4. The zero-order valence-corrected chi connectivity index (χ0v) is 24.7. The summed E-state index contributed by atoms with van der Waals surface area (Å²) in [4.78, 5) is 20.5. The van der Waals surface area contributed by atoms with E-state index in [0.29, 0.717) is 49.2 Å². The summed E-state index contributed by atoms with van der Waals surface area (Å²) in [6.45, 7) is 2.61. The molecule has 2 bridgehead atoms. The molecule has 0 aliphatic heterocycles. The number of nitrogens with zero attached hydrogens (tertiary/aromatic N) is 4. The lowest BCUT2D eigenvalue weighted by Crippen LogP contribution is -2.52.